The highest BCUT2D eigenvalue weighted by molar-refractivity contribution is 5.60. The average molecular weight is 264 g/mol. The van der Waals surface area contributed by atoms with Gasteiger partial charge in [0.05, 0.1) is 11.0 Å². The van der Waals surface area contributed by atoms with Crippen molar-refractivity contribution >= 4 is 11.4 Å². The van der Waals surface area contributed by atoms with Crippen LogP contribution in [0.3, 0.4) is 0 Å². The zero-order valence-corrected chi connectivity index (χ0v) is 11.3. The van der Waals surface area contributed by atoms with Crippen LogP contribution >= 0.6 is 0 Å². The van der Waals surface area contributed by atoms with Crippen molar-refractivity contribution in [2.24, 2.45) is 11.8 Å². The molecule has 2 rings (SSSR count). The van der Waals surface area contributed by atoms with Crippen LogP contribution in [0.15, 0.2) is 18.2 Å². The average Bonchev–Trinajstić information content (AvgIpc) is 2.33. The smallest absolute Gasteiger partial charge is 0.292 e. The normalized spacial score (nSPS) is 26.9. The molecule has 5 nitrogen and oxygen atoms in total. The van der Waals surface area contributed by atoms with Crippen molar-refractivity contribution < 1.29 is 9.66 Å². The van der Waals surface area contributed by atoms with Crippen molar-refractivity contribution in [3.63, 3.8) is 0 Å². The summed E-state index contributed by atoms with van der Waals surface area (Å²) < 4.78 is 5.89. The van der Waals surface area contributed by atoms with Gasteiger partial charge in [-0.05, 0) is 37.2 Å². The Balaban J connectivity index is 2.04. The van der Waals surface area contributed by atoms with E-state index in [1.807, 2.05) is 0 Å². The van der Waals surface area contributed by atoms with Crippen LogP contribution in [0.4, 0.5) is 11.4 Å². The van der Waals surface area contributed by atoms with Crippen molar-refractivity contribution in [3.8, 4) is 5.75 Å². The van der Waals surface area contributed by atoms with E-state index in [4.69, 9.17) is 10.5 Å². The van der Waals surface area contributed by atoms with E-state index in [9.17, 15) is 10.1 Å². The predicted molar refractivity (Wildman–Crippen MR) is 74.1 cm³/mol. The Kier molecular flexibility index (Phi) is 3.93. The third-order valence-corrected chi connectivity index (χ3v) is 4.05. The maximum atomic E-state index is 10.7. The fourth-order valence-electron chi connectivity index (χ4n) is 2.57. The number of anilines is 1. The zero-order chi connectivity index (χ0) is 14.0. The fourth-order valence-corrected chi connectivity index (χ4v) is 2.57. The topological polar surface area (TPSA) is 78.4 Å². The second kappa shape index (κ2) is 5.47. The van der Waals surface area contributed by atoms with Gasteiger partial charge >= 0.3 is 0 Å². The number of nitro groups is 1. The van der Waals surface area contributed by atoms with Crippen LogP contribution in [0.2, 0.25) is 0 Å². The van der Waals surface area contributed by atoms with Gasteiger partial charge < -0.3 is 10.5 Å². The molecule has 0 aromatic heterocycles. The second-order valence-electron chi connectivity index (χ2n) is 5.49. The molecule has 0 bridgehead atoms. The van der Waals surface area contributed by atoms with Gasteiger partial charge in [-0.2, -0.15) is 0 Å². The van der Waals surface area contributed by atoms with Crippen LogP contribution in [0, 0.1) is 22.0 Å². The molecule has 3 unspecified atom stereocenters. The molecule has 0 saturated heterocycles. The van der Waals surface area contributed by atoms with Gasteiger partial charge in [-0.3, -0.25) is 10.1 Å². The second-order valence-corrected chi connectivity index (χ2v) is 5.49. The molecule has 2 N–H and O–H groups in total. The monoisotopic (exact) mass is 264 g/mol. The molecule has 0 heterocycles. The minimum atomic E-state index is -0.483. The van der Waals surface area contributed by atoms with E-state index in [1.54, 1.807) is 12.1 Å². The van der Waals surface area contributed by atoms with Crippen LogP contribution in [0.5, 0.6) is 5.75 Å². The summed E-state index contributed by atoms with van der Waals surface area (Å²) in [6, 6.07) is 4.57. The van der Waals surface area contributed by atoms with Crippen LogP contribution in [-0.4, -0.2) is 11.0 Å². The number of nitro benzene ring substituents is 1. The Labute approximate surface area is 112 Å². The highest BCUT2D eigenvalue weighted by Gasteiger charge is 2.26. The first-order valence-electron chi connectivity index (χ1n) is 6.68. The fraction of sp³-hybridized carbons (Fsp3) is 0.571. The summed E-state index contributed by atoms with van der Waals surface area (Å²) in [6.07, 6.45) is 3.40. The Morgan fingerprint density at radius 2 is 2.05 bits per heavy atom. The zero-order valence-electron chi connectivity index (χ0n) is 11.3. The summed E-state index contributed by atoms with van der Waals surface area (Å²) >= 11 is 0. The van der Waals surface area contributed by atoms with E-state index in [0.29, 0.717) is 11.7 Å². The summed E-state index contributed by atoms with van der Waals surface area (Å²) in [5, 5.41) is 10.7. The van der Waals surface area contributed by atoms with Crippen LogP contribution in [-0.2, 0) is 0 Å². The minimum absolute atomic E-state index is 0.0713. The summed E-state index contributed by atoms with van der Waals surface area (Å²) in [5.74, 6) is 2.01. The van der Waals surface area contributed by atoms with Gasteiger partial charge in [0.1, 0.15) is 11.4 Å². The number of benzene rings is 1. The van der Waals surface area contributed by atoms with Gasteiger partial charge in [0.25, 0.3) is 5.69 Å². The van der Waals surface area contributed by atoms with Gasteiger partial charge in [-0.15, -0.1) is 0 Å². The summed E-state index contributed by atoms with van der Waals surface area (Å²) in [5.41, 5.74) is 5.74. The molecule has 0 amide bonds. The SMILES string of the molecule is CC1CCC(Oc2ccc([N+](=O)[O-])c(N)c2)CC1C. The van der Waals surface area contributed by atoms with Crippen molar-refractivity contribution in [1.82, 2.24) is 0 Å². The number of hydrogen-bond donors (Lipinski definition) is 1. The lowest BCUT2D eigenvalue weighted by molar-refractivity contribution is -0.383. The lowest BCUT2D eigenvalue weighted by atomic mass is 9.80. The van der Waals surface area contributed by atoms with Crippen LogP contribution < -0.4 is 10.5 Å². The van der Waals surface area contributed by atoms with Gasteiger partial charge in [-0.1, -0.05) is 13.8 Å². The molecule has 0 aliphatic heterocycles. The van der Waals surface area contributed by atoms with Crippen LogP contribution in [0.1, 0.15) is 33.1 Å². The Morgan fingerprint density at radius 3 is 2.63 bits per heavy atom. The van der Waals surface area contributed by atoms with E-state index in [2.05, 4.69) is 13.8 Å². The maximum absolute atomic E-state index is 10.7. The molecular weight excluding hydrogens is 244 g/mol. The molecular formula is C14H20N2O3. The standard InChI is InChI=1S/C14H20N2O3/c1-9-3-4-11(7-10(9)2)19-12-5-6-14(16(17)18)13(15)8-12/h5-6,8-11H,3-4,7,15H2,1-2H3. The summed E-state index contributed by atoms with van der Waals surface area (Å²) in [4.78, 5) is 10.2. The third-order valence-electron chi connectivity index (χ3n) is 4.05. The molecule has 1 aliphatic carbocycles. The van der Waals surface area contributed by atoms with Crippen molar-refractivity contribution in [2.75, 3.05) is 5.73 Å². The Bertz CT molecular complexity index is 476. The summed E-state index contributed by atoms with van der Waals surface area (Å²) in [6.45, 7) is 4.51. The highest BCUT2D eigenvalue weighted by Crippen LogP contribution is 2.33. The summed E-state index contributed by atoms with van der Waals surface area (Å²) in [7, 11) is 0. The van der Waals surface area contributed by atoms with E-state index in [1.165, 1.54) is 6.07 Å². The quantitative estimate of drug-likeness (QED) is 0.515. The number of nitrogens with zero attached hydrogens (tertiary/aromatic N) is 1. The molecule has 0 radical (unpaired) electrons. The first kappa shape index (κ1) is 13.6. The Morgan fingerprint density at radius 1 is 1.32 bits per heavy atom. The lowest BCUT2D eigenvalue weighted by Crippen LogP contribution is -2.28. The maximum Gasteiger partial charge on any atom is 0.292 e. The van der Waals surface area contributed by atoms with E-state index < -0.39 is 4.92 Å². The molecule has 104 valence electrons. The largest absolute Gasteiger partial charge is 0.490 e. The number of rotatable bonds is 3. The van der Waals surface area contributed by atoms with E-state index in [0.717, 1.165) is 25.2 Å². The molecule has 1 aliphatic rings. The van der Waals surface area contributed by atoms with E-state index in [-0.39, 0.29) is 17.5 Å². The third kappa shape index (κ3) is 3.16. The van der Waals surface area contributed by atoms with Gasteiger partial charge in [-0.25, -0.2) is 0 Å². The van der Waals surface area contributed by atoms with Gasteiger partial charge in [0, 0.05) is 12.1 Å². The Hall–Kier alpha value is -1.78. The molecule has 3 atom stereocenters. The molecule has 5 heteroatoms. The number of ether oxygens (including phenoxy) is 1. The molecule has 1 aromatic carbocycles. The van der Waals surface area contributed by atoms with Gasteiger partial charge in [0.2, 0.25) is 0 Å². The first-order valence-corrected chi connectivity index (χ1v) is 6.68. The highest BCUT2D eigenvalue weighted by atomic mass is 16.6. The predicted octanol–water partition coefficient (Wildman–Crippen LogP) is 3.38. The van der Waals surface area contributed by atoms with Crippen molar-refractivity contribution in [3.05, 3.63) is 28.3 Å². The molecule has 1 saturated carbocycles. The minimum Gasteiger partial charge on any atom is -0.490 e. The van der Waals surface area contributed by atoms with Crippen LogP contribution in [0.25, 0.3) is 0 Å². The van der Waals surface area contributed by atoms with Gasteiger partial charge in [0.15, 0.2) is 0 Å². The van der Waals surface area contributed by atoms with Crippen molar-refractivity contribution in [2.45, 2.75) is 39.2 Å². The molecule has 1 aromatic rings. The van der Waals surface area contributed by atoms with Crippen molar-refractivity contribution in [1.29, 1.82) is 0 Å². The van der Waals surface area contributed by atoms with E-state index >= 15 is 0 Å². The molecule has 1 fully saturated rings. The number of nitrogen functional groups attached to an aromatic ring is 1. The lowest BCUT2D eigenvalue weighted by Gasteiger charge is -2.32. The molecule has 19 heavy (non-hydrogen) atoms. The number of nitrogens with two attached hydrogens (primary N) is 1. The number of hydrogen-bond acceptors (Lipinski definition) is 4. The first-order chi connectivity index (χ1) is 8.97. The molecule has 0 spiro atoms.